The maximum atomic E-state index is 15.5. The predicted molar refractivity (Wildman–Crippen MR) is 126 cm³/mol. The lowest BCUT2D eigenvalue weighted by molar-refractivity contribution is -0.152. The average molecular weight is 471 g/mol. The molecule has 2 aromatic rings. The monoisotopic (exact) mass is 470 g/mol. The molecule has 7 heteroatoms. The van der Waals surface area contributed by atoms with E-state index in [-0.39, 0.29) is 17.6 Å². The van der Waals surface area contributed by atoms with Gasteiger partial charge in [-0.25, -0.2) is 4.39 Å². The fourth-order valence-corrected chi connectivity index (χ4v) is 4.29. The quantitative estimate of drug-likeness (QED) is 0.452. The molecule has 2 aromatic carbocycles. The van der Waals surface area contributed by atoms with Crippen molar-refractivity contribution in [1.29, 1.82) is 0 Å². The van der Waals surface area contributed by atoms with Crippen molar-refractivity contribution in [2.45, 2.75) is 51.2 Å². The van der Waals surface area contributed by atoms with Crippen LogP contribution in [-0.2, 0) is 9.53 Å². The van der Waals surface area contributed by atoms with Crippen LogP contribution in [0.4, 0.5) is 4.39 Å². The molecule has 6 nitrogen and oxygen atoms in total. The highest BCUT2D eigenvalue weighted by molar-refractivity contribution is 5.76. The van der Waals surface area contributed by atoms with E-state index >= 15 is 4.39 Å². The van der Waals surface area contributed by atoms with E-state index in [1.807, 2.05) is 45.1 Å². The molecule has 2 aliphatic rings. The summed E-state index contributed by atoms with van der Waals surface area (Å²) in [4.78, 5) is 12.8. The minimum Gasteiger partial charge on any atom is -0.496 e. The van der Waals surface area contributed by atoms with Crippen molar-refractivity contribution in [2.24, 2.45) is 5.92 Å². The van der Waals surface area contributed by atoms with E-state index in [2.05, 4.69) is 0 Å². The van der Waals surface area contributed by atoms with Gasteiger partial charge in [0.2, 0.25) is 0 Å². The van der Waals surface area contributed by atoms with Crippen molar-refractivity contribution in [3.8, 4) is 23.0 Å². The zero-order chi connectivity index (χ0) is 24.6. The highest BCUT2D eigenvalue weighted by Crippen LogP contribution is 2.47. The molecule has 4 rings (SSSR count). The molecule has 0 aromatic heterocycles. The first kappa shape index (κ1) is 23.9. The maximum Gasteiger partial charge on any atom is 0.309 e. The molecule has 0 spiro atoms. The van der Waals surface area contributed by atoms with Gasteiger partial charge in [0.25, 0.3) is 0 Å². The third kappa shape index (κ3) is 4.43. The number of halogens is 1. The molecule has 0 saturated heterocycles. The second-order valence-electron chi connectivity index (χ2n) is 9.26. The minimum absolute atomic E-state index is 0.00934. The van der Waals surface area contributed by atoms with E-state index < -0.39 is 23.4 Å². The van der Waals surface area contributed by atoms with Crippen molar-refractivity contribution < 1.29 is 32.9 Å². The summed E-state index contributed by atoms with van der Waals surface area (Å²) in [6, 6.07) is 6.95. The number of methoxy groups -OCH3 is 3. The Balaban J connectivity index is 1.81. The van der Waals surface area contributed by atoms with Gasteiger partial charge in [-0.05, 0) is 62.6 Å². The van der Waals surface area contributed by atoms with Crippen molar-refractivity contribution in [1.82, 2.24) is 0 Å². The lowest BCUT2D eigenvalue weighted by atomic mass is 9.87. The molecule has 0 N–H and O–H groups in total. The minimum atomic E-state index is -0.788. The van der Waals surface area contributed by atoms with Crippen molar-refractivity contribution >= 4 is 12.0 Å². The third-order valence-electron chi connectivity index (χ3n) is 6.33. The van der Waals surface area contributed by atoms with Crippen LogP contribution in [-0.4, -0.2) is 32.9 Å². The molecule has 0 radical (unpaired) electrons. The zero-order valence-electron chi connectivity index (χ0n) is 20.4. The fourth-order valence-electron chi connectivity index (χ4n) is 4.29. The molecule has 1 fully saturated rings. The van der Waals surface area contributed by atoms with Gasteiger partial charge in [-0.15, -0.1) is 0 Å². The summed E-state index contributed by atoms with van der Waals surface area (Å²) in [5, 5.41) is 0. The number of esters is 1. The van der Waals surface area contributed by atoms with Gasteiger partial charge in [0.05, 0.1) is 32.8 Å². The first-order valence-corrected chi connectivity index (χ1v) is 11.4. The molecule has 182 valence electrons. The number of carbonyl (C=O) groups is 1. The van der Waals surface area contributed by atoms with Gasteiger partial charge in [-0.1, -0.05) is 13.0 Å². The summed E-state index contributed by atoms with van der Waals surface area (Å²) in [7, 11) is 4.41. The Kier molecular flexibility index (Phi) is 6.47. The van der Waals surface area contributed by atoms with Crippen LogP contribution in [0.1, 0.15) is 62.3 Å². The molecular weight excluding hydrogens is 439 g/mol. The van der Waals surface area contributed by atoms with E-state index in [0.29, 0.717) is 28.4 Å². The maximum absolute atomic E-state index is 15.5. The van der Waals surface area contributed by atoms with Crippen molar-refractivity contribution in [3.05, 3.63) is 52.8 Å². The summed E-state index contributed by atoms with van der Waals surface area (Å²) >= 11 is 0. The average Bonchev–Trinajstić information content (AvgIpc) is 3.66. The van der Waals surface area contributed by atoms with E-state index in [1.54, 1.807) is 19.2 Å². The number of carbonyl (C=O) groups excluding carboxylic acids is 1. The molecule has 1 heterocycles. The summed E-state index contributed by atoms with van der Waals surface area (Å²) in [5.41, 5.74) is 1.29. The number of hydrogen-bond acceptors (Lipinski definition) is 6. The third-order valence-corrected chi connectivity index (χ3v) is 6.33. The lowest BCUT2D eigenvalue weighted by Crippen LogP contribution is -2.28. The van der Waals surface area contributed by atoms with Crippen LogP contribution in [0, 0.1) is 11.7 Å². The van der Waals surface area contributed by atoms with Crippen LogP contribution < -0.4 is 18.9 Å². The van der Waals surface area contributed by atoms with Crippen LogP contribution in [0.5, 0.6) is 23.0 Å². The van der Waals surface area contributed by atoms with Gasteiger partial charge in [0, 0.05) is 11.5 Å². The Bertz CT molecular complexity index is 1120. The van der Waals surface area contributed by atoms with Crippen LogP contribution in [0.25, 0.3) is 6.08 Å². The van der Waals surface area contributed by atoms with E-state index in [1.165, 1.54) is 14.2 Å². The van der Waals surface area contributed by atoms with Crippen molar-refractivity contribution in [2.75, 3.05) is 21.3 Å². The molecule has 1 aliphatic carbocycles. The highest BCUT2D eigenvalue weighted by Gasteiger charge is 2.38. The number of benzene rings is 2. The topological polar surface area (TPSA) is 63.2 Å². The summed E-state index contributed by atoms with van der Waals surface area (Å²) < 4.78 is 43.8. The smallest absolute Gasteiger partial charge is 0.309 e. The largest absolute Gasteiger partial charge is 0.496 e. The molecule has 1 aliphatic heterocycles. The second-order valence-corrected chi connectivity index (χ2v) is 9.26. The number of ether oxygens (including phenoxy) is 5. The molecule has 0 amide bonds. The van der Waals surface area contributed by atoms with Gasteiger partial charge in [-0.3, -0.25) is 4.79 Å². The zero-order valence-corrected chi connectivity index (χ0v) is 20.4. The Morgan fingerprint density at radius 1 is 1.03 bits per heavy atom. The molecule has 2 unspecified atom stereocenters. The molecule has 34 heavy (non-hydrogen) atoms. The fraction of sp³-hybridized carbons (Fsp3) is 0.444. The summed E-state index contributed by atoms with van der Waals surface area (Å²) in [5.74, 6) is 0.0101. The second kappa shape index (κ2) is 9.20. The highest BCUT2D eigenvalue weighted by atomic mass is 19.1. The van der Waals surface area contributed by atoms with Gasteiger partial charge < -0.3 is 23.7 Å². The Hall–Kier alpha value is -3.22. The predicted octanol–water partition coefficient (Wildman–Crippen LogP) is 5.83. The van der Waals surface area contributed by atoms with Crippen LogP contribution in [0.2, 0.25) is 0 Å². The van der Waals surface area contributed by atoms with Gasteiger partial charge >= 0.3 is 5.97 Å². The normalized spacial score (nSPS) is 17.7. The molecule has 2 atom stereocenters. The van der Waals surface area contributed by atoms with Crippen molar-refractivity contribution in [3.63, 3.8) is 0 Å². The van der Waals surface area contributed by atoms with Gasteiger partial charge in [0.15, 0.2) is 17.3 Å². The number of hydrogen-bond donors (Lipinski definition) is 0. The van der Waals surface area contributed by atoms with Crippen LogP contribution in [0.15, 0.2) is 30.3 Å². The first-order valence-electron chi connectivity index (χ1n) is 11.4. The number of fused-ring (bicyclic) bond motifs is 1. The Labute approximate surface area is 199 Å². The van der Waals surface area contributed by atoms with Crippen LogP contribution >= 0.6 is 0 Å². The Morgan fingerprint density at radius 2 is 1.71 bits per heavy atom. The first-order chi connectivity index (χ1) is 16.2. The molecule has 0 bridgehead atoms. The standard InChI is InChI=1S/C27H31FO6/c1-15(17-9-12-21(30-4)25(32-6)22(17)28)23(33-26(29)16-7-8-16)19-10-11-20-18(24(19)31-5)13-14-27(2,3)34-20/h9-16,23H,7-8H2,1-6H3. The molecular formula is C27H31FO6. The lowest BCUT2D eigenvalue weighted by Gasteiger charge is -2.31. The van der Waals surface area contributed by atoms with E-state index in [0.717, 1.165) is 18.4 Å². The SMILES string of the molecule is COc1ccc(C(C)C(OC(=O)C2CC2)c2ccc3c(c2OC)C=CC(C)(C)O3)c(F)c1OC. The van der Waals surface area contributed by atoms with Gasteiger partial charge in [-0.2, -0.15) is 0 Å². The molecule has 1 saturated carbocycles. The van der Waals surface area contributed by atoms with E-state index in [4.69, 9.17) is 23.7 Å². The summed E-state index contributed by atoms with van der Waals surface area (Å²) in [6.45, 7) is 5.76. The van der Waals surface area contributed by atoms with Crippen LogP contribution in [0.3, 0.4) is 0 Å². The summed E-state index contributed by atoms with van der Waals surface area (Å²) in [6.07, 6.45) is 4.71. The number of rotatable bonds is 8. The Morgan fingerprint density at radius 3 is 2.32 bits per heavy atom. The van der Waals surface area contributed by atoms with Gasteiger partial charge in [0.1, 0.15) is 23.2 Å². The van der Waals surface area contributed by atoms with E-state index in [9.17, 15) is 4.79 Å².